The average molecular weight is 310 g/mol. The molecule has 5 nitrogen and oxygen atoms in total. The molecule has 0 spiro atoms. The number of rotatable bonds is 8. The Hall–Kier alpha value is -2.16. The van der Waals surface area contributed by atoms with Gasteiger partial charge in [-0.15, -0.1) is 0 Å². The molecule has 0 amide bonds. The van der Waals surface area contributed by atoms with E-state index < -0.39 is 0 Å². The van der Waals surface area contributed by atoms with Crippen LogP contribution in [0.25, 0.3) is 11.3 Å². The molecular weight excluding hydrogens is 288 g/mol. The predicted molar refractivity (Wildman–Crippen MR) is 88.4 cm³/mol. The first-order valence-corrected chi connectivity index (χ1v) is 8.15. The molecule has 5 heteroatoms. The third-order valence-corrected chi connectivity index (χ3v) is 4.16. The summed E-state index contributed by atoms with van der Waals surface area (Å²) in [7, 11) is 0. The summed E-state index contributed by atoms with van der Waals surface area (Å²) in [4.78, 5) is 2.33. The number of benzene rings is 1. The Morgan fingerprint density at radius 1 is 1.30 bits per heavy atom. The van der Waals surface area contributed by atoms with Crippen molar-refractivity contribution in [2.75, 3.05) is 13.2 Å². The van der Waals surface area contributed by atoms with Crippen molar-refractivity contribution in [2.45, 2.75) is 38.4 Å². The molecular formula is C18H22N4O. The van der Waals surface area contributed by atoms with E-state index >= 15 is 0 Å². The van der Waals surface area contributed by atoms with Crippen LogP contribution in [0.5, 0.6) is 0 Å². The minimum Gasteiger partial charge on any atom is -0.395 e. The van der Waals surface area contributed by atoms with Crippen molar-refractivity contribution in [2.24, 2.45) is 0 Å². The van der Waals surface area contributed by atoms with Crippen LogP contribution < -0.4 is 0 Å². The van der Waals surface area contributed by atoms with Crippen molar-refractivity contribution in [1.82, 2.24) is 14.7 Å². The van der Waals surface area contributed by atoms with E-state index in [0.29, 0.717) is 25.6 Å². The van der Waals surface area contributed by atoms with Gasteiger partial charge in [-0.05, 0) is 12.8 Å². The third kappa shape index (κ3) is 3.98. The maximum absolute atomic E-state index is 9.30. The third-order valence-electron chi connectivity index (χ3n) is 4.16. The molecule has 1 fully saturated rings. The number of hydrogen-bond acceptors (Lipinski definition) is 4. The van der Waals surface area contributed by atoms with Crippen LogP contribution in [0, 0.1) is 11.3 Å². The van der Waals surface area contributed by atoms with Crippen LogP contribution in [0.3, 0.4) is 0 Å². The second kappa shape index (κ2) is 7.40. The van der Waals surface area contributed by atoms with Gasteiger partial charge in [0.1, 0.15) is 0 Å². The average Bonchev–Trinajstić information content (AvgIpc) is 3.35. The van der Waals surface area contributed by atoms with Crippen LogP contribution in [0.4, 0.5) is 0 Å². The summed E-state index contributed by atoms with van der Waals surface area (Å²) >= 11 is 0. The van der Waals surface area contributed by atoms with E-state index in [1.165, 1.54) is 12.8 Å². The zero-order valence-corrected chi connectivity index (χ0v) is 13.2. The Morgan fingerprint density at radius 2 is 2.09 bits per heavy atom. The highest BCUT2D eigenvalue weighted by Gasteiger charge is 2.29. The standard InChI is InChI=1S/C18H22N4O/c19-9-4-10-22-14-16(13-21(11-12-23)17-7-8-17)18(20-22)15-5-2-1-3-6-15/h1-3,5-6,14,17,23H,4,7-8,10-13H2. The summed E-state index contributed by atoms with van der Waals surface area (Å²) < 4.78 is 1.87. The maximum atomic E-state index is 9.30. The number of hydrogen-bond donors (Lipinski definition) is 1. The quantitative estimate of drug-likeness (QED) is 0.813. The monoisotopic (exact) mass is 310 g/mol. The topological polar surface area (TPSA) is 65.1 Å². The van der Waals surface area contributed by atoms with Crippen molar-refractivity contribution < 1.29 is 5.11 Å². The van der Waals surface area contributed by atoms with E-state index in [0.717, 1.165) is 23.4 Å². The second-order valence-corrected chi connectivity index (χ2v) is 5.97. The van der Waals surface area contributed by atoms with Gasteiger partial charge in [-0.25, -0.2) is 0 Å². The molecule has 1 saturated carbocycles. The van der Waals surface area contributed by atoms with Gasteiger partial charge in [-0.3, -0.25) is 9.58 Å². The van der Waals surface area contributed by atoms with Crippen molar-refractivity contribution in [3.8, 4) is 17.3 Å². The number of aliphatic hydroxyl groups is 1. The van der Waals surface area contributed by atoms with Crippen molar-refractivity contribution >= 4 is 0 Å². The summed E-state index contributed by atoms with van der Waals surface area (Å²) in [6, 6.07) is 12.9. The lowest BCUT2D eigenvalue weighted by molar-refractivity contribution is 0.183. The predicted octanol–water partition coefficient (Wildman–Crippen LogP) is 2.42. The fraction of sp³-hybridized carbons (Fsp3) is 0.444. The molecule has 1 aromatic carbocycles. The van der Waals surface area contributed by atoms with E-state index in [2.05, 4.69) is 28.2 Å². The first-order chi connectivity index (χ1) is 11.3. The molecule has 1 aliphatic carbocycles. The summed E-state index contributed by atoms with van der Waals surface area (Å²) in [5.41, 5.74) is 3.24. The van der Waals surface area contributed by atoms with E-state index in [1.54, 1.807) is 0 Å². The second-order valence-electron chi connectivity index (χ2n) is 5.97. The summed E-state index contributed by atoms with van der Waals surface area (Å²) in [5, 5.41) is 22.8. The van der Waals surface area contributed by atoms with Gasteiger partial charge >= 0.3 is 0 Å². The van der Waals surface area contributed by atoms with Gasteiger partial charge in [0.25, 0.3) is 0 Å². The number of aromatic nitrogens is 2. The molecule has 1 heterocycles. The molecule has 2 aromatic rings. The first kappa shape index (κ1) is 15.7. The Bertz CT molecular complexity index is 670. The van der Waals surface area contributed by atoms with Crippen LogP contribution in [0.2, 0.25) is 0 Å². The minimum atomic E-state index is 0.180. The highest BCUT2D eigenvalue weighted by Crippen LogP contribution is 2.30. The zero-order chi connectivity index (χ0) is 16.1. The van der Waals surface area contributed by atoms with E-state index in [9.17, 15) is 5.11 Å². The van der Waals surface area contributed by atoms with Crippen molar-refractivity contribution in [3.63, 3.8) is 0 Å². The molecule has 1 aromatic heterocycles. The molecule has 0 unspecified atom stereocenters. The highest BCUT2D eigenvalue weighted by molar-refractivity contribution is 5.62. The van der Waals surface area contributed by atoms with Gasteiger partial charge in [0, 0.05) is 36.5 Å². The van der Waals surface area contributed by atoms with Gasteiger partial charge in [-0.2, -0.15) is 10.4 Å². The van der Waals surface area contributed by atoms with Crippen LogP contribution in [-0.2, 0) is 13.1 Å². The summed E-state index contributed by atoms with van der Waals surface area (Å²) in [6.45, 7) is 2.28. The van der Waals surface area contributed by atoms with Gasteiger partial charge in [0.2, 0.25) is 0 Å². The molecule has 1 N–H and O–H groups in total. The molecule has 23 heavy (non-hydrogen) atoms. The molecule has 120 valence electrons. The smallest absolute Gasteiger partial charge is 0.0968 e. The number of aliphatic hydroxyl groups excluding tert-OH is 1. The number of aryl methyl sites for hydroxylation is 1. The molecule has 0 atom stereocenters. The SMILES string of the molecule is N#CCCn1cc(CN(CCO)C2CC2)c(-c2ccccc2)n1. The Kier molecular flexibility index (Phi) is 5.06. The zero-order valence-electron chi connectivity index (χ0n) is 13.2. The van der Waals surface area contributed by atoms with Gasteiger partial charge in [0.15, 0.2) is 0 Å². The fourth-order valence-corrected chi connectivity index (χ4v) is 2.87. The van der Waals surface area contributed by atoms with E-state index in [1.807, 2.05) is 29.1 Å². The normalized spacial score (nSPS) is 14.1. The highest BCUT2D eigenvalue weighted by atomic mass is 16.3. The summed E-state index contributed by atoms with van der Waals surface area (Å²) in [6.07, 6.45) is 4.93. The Balaban J connectivity index is 1.87. The van der Waals surface area contributed by atoms with Gasteiger partial charge in [-0.1, -0.05) is 30.3 Å². The van der Waals surface area contributed by atoms with Gasteiger partial charge in [0.05, 0.1) is 31.3 Å². The van der Waals surface area contributed by atoms with Crippen LogP contribution >= 0.6 is 0 Å². The van der Waals surface area contributed by atoms with E-state index in [4.69, 9.17) is 5.26 Å². The van der Waals surface area contributed by atoms with Crippen molar-refractivity contribution in [1.29, 1.82) is 5.26 Å². The lowest BCUT2D eigenvalue weighted by atomic mass is 10.1. The van der Waals surface area contributed by atoms with Crippen LogP contribution in [0.1, 0.15) is 24.8 Å². The molecule has 0 aliphatic heterocycles. The number of nitriles is 1. The maximum Gasteiger partial charge on any atom is 0.0968 e. The molecule has 0 saturated heterocycles. The minimum absolute atomic E-state index is 0.180. The lowest BCUT2D eigenvalue weighted by Gasteiger charge is -2.20. The lowest BCUT2D eigenvalue weighted by Crippen LogP contribution is -2.28. The molecule has 0 bridgehead atoms. The molecule has 0 radical (unpaired) electrons. The Morgan fingerprint density at radius 3 is 2.74 bits per heavy atom. The largest absolute Gasteiger partial charge is 0.395 e. The Labute approximate surface area is 136 Å². The van der Waals surface area contributed by atoms with Crippen LogP contribution in [-0.4, -0.2) is 39.0 Å². The van der Waals surface area contributed by atoms with Crippen molar-refractivity contribution in [3.05, 3.63) is 42.1 Å². The van der Waals surface area contributed by atoms with Gasteiger partial charge < -0.3 is 5.11 Å². The van der Waals surface area contributed by atoms with E-state index in [-0.39, 0.29) is 6.61 Å². The molecule has 3 rings (SSSR count). The fourth-order valence-electron chi connectivity index (χ4n) is 2.87. The summed E-state index contributed by atoms with van der Waals surface area (Å²) in [5.74, 6) is 0. The van der Waals surface area contributed by atoms with Crippen LogP contribution in [0.15, 0.2) is 36.5 Å². The first-order valence-electron chi connectivity index (χ1n) is 8.15. The number of nitrogens with zero attached hydrogens (tertiary/aromatic N) is 4. The molecule has 1 aliphatic rings.